The van der Waals surface area contributed by atoms with Gasteiger partial charge in [-0.1, -0.05) is 13.0 Å². The molecule has 0 aliphatic heterocycles. The molecule has 1 N–H and O–H groups in total. The maximum atomic E-state index is 4.40. The van der Waals surface area contributed by atoms with Crippen molar-refractivity contribution in [3.05, 3.63) is 51.5 Å². The number of aryl methyl sites for hydroxylation is 2. The Balaban J connectivity index is 2.33. The zero-order chi connectivity index (χ0) is 13.0. The van der Waals surface area contributed by atoms with Gasteiger partial charge in [0, 0.05) is 16.8 Å². The van der Waals surface area contributed by atoms with Crippen molar-refractivity contribution in [3.63, 3.8) is 0 Å². The topological polar surface area (TPSA) is 24.9 Å². The molecule has 1 atom stereocenters. The van der Waals surface area contributed by atoms with Crippen molar-refractivity contribution in [1.29, 1.82) is 0 Å². The lowest BCUT2D eigenvalue weighted by atomic mass is 9.99. The second-order valence-electron chi connectivity index (χ2n) is 4.56. The lowest BCUT2D eigenvalue weighted by molar-refractivity contribution is 0.595. The van der Waals surface area contributed by atoms with Gasteiger partial charge in [-0.25, -0.2) is 0 Å². The quantitative estimate of drug-likeness (QED) is 0.883. The molecular weight excluding hydrogens is 240 g/mol. The Morgan fingerprint density at radius 2 is 2.22 bits per heavy atom. The molecule has 2 heterocycles. The van der Waals surface area contributed by atoms with E-state index in [1.807, 2.05) is 12.3 Å². The van der Waals surface area contributed by atoms with Crippen molar-refractivity contribution in [2.45, 2.75) is 33.2 Å². The predicted octanol–water partition coefficient (Wildman–Crippen LogP) is 3.85. The van der Waals surface area contributed by atoms with Gasteiger partial charge < -0.3 is 5.32 Å². The molecule has 1 unspecified atom stereocenters. The molecule has 0 amide bonds. The lowest BCUT2D eigenvalue weighted by Gasteiger charge is -2.19. The van der Waals surface area contributed by atoms with Crippen LogP contribution in [0.25, 0.3) is 0 Å². The fourth-order valence-electron chi connectivity index (χ4n) is 2.11. The number of hydrogen-bond donors (Lipinski definition) is 1. The van der Waals surface area contributed by atoms with Crippen molar-refractivity contribution in [3.8, 4) is 0 Å². The molecule has 0 saturated carbocycles. The third-order valence-electron chi connectivity index (χ3n) is 3.04. The fourth-order valence-corrected chi connectivity index (χ4v) is 2.84. The summed E-state index contributed by atoms with van der Waals surface area (Å²) < 4.78 is 0. The Labute approximate surface area is 113 Å². The van der Waals surface area contributed by atoms with E-state index >= 15 is 0 Å². The third kappa shape index (κ3) is 2.98. The molecule has 0 saturated heterocycles. The summed E-state index contributed by atoms with van der Waals surface area (Å²) in [5.74, 6) is 0. The number of nitrogens with one attached hydrogen (secondary N) is 1. The summed E-state index contributed by atoms with van der Waals surface area (Å²) in [6, 6.07) is 6.72. The van der Waals surface area contributed by atoms with Crippen molar-refractivity contribution in [2.24, 2.45) is 0 Å². The van der Waals surface area contributed by atoms with Gasteiger partial charge in [0.2, 0.25) is 0 Å². The van der Waals surface area contributed by atoms with Crippen LogP contribution in [-0.4, -0.2) is 11.5 Å². The highest BCUT2D eigenvalue weighted by Gasteiger charge is 2.16. The number of aromatic nitrogens is 1. The van der Waals surface area contributed by atoms with Gasteiger partial charge in [-0.15, -0.1) is 11.3 Å². The Bertz CT molecular complexity index is 505. The number of nitrogens with zero attached hydrogens (tertiary/aromatic N) is 1. The van der Waals surface area contributed by atoms with Crippen molar-refractivity contribution in [2.75, 3.05) is 6.54 Å². The Kier molecular flexibility index (Phi) is 4.50. The highest BCUT2D eigenvalue weighted by Crippen LogP contribution is 2.27. The van der Waals surface area contributed by atoms with Crippen LogP contribution in [0.15, 0.2) is 29.8 Å². The predicted molar refractivity (Wildman–Crippen MR) is 78.2 cm³/mol. The average Bonchev–Trinajstić information content (AvgIpc) is 2.78. The number of hydrogen-bond acceptors (Lipinski definition) is 3. The monoisotopic (exact) mass is 260 g/mol. The van der Waals surface area contributed by atoms with E-state index in [0.717, 1.165) is 18.7 Å². The first kappa shape index (κ1) is 13.2. The highest BCUT2D eigenvalue weighted by molar-refractivity contribution is 7.10. The van der Waals surface area contributed by atoms with Gasteiger partial charge >= 0.3 is 0 Å². The molecule has 2 nitrogen and oxygen atoms in total. The zero-order valence-electron chi connectivity index (χ0n) is 11.2. The first-order valence-electron chi connectivity index (χ1n) is 6.42. The van der Waals surface area contributed by atoms with Crippen LogP contribution in [0.3, 0.4) is 0 Å². The van der Waals surface area contributed by atoms with Gasteiger partial charge in [0.1, 0.15) is 0 Å². The van der Waals surface area contributed by atoms with Crippen LogP contribution in [-0.2, 0) is 0 Å². The van der Waals surface area contributed by atoms with Crippen molar-refractivity contribution in [1.82, 2.24) is 10.3 Å². The van der Waals surface area contributed by atoms with Gasteiger partial charge in [0.05, 0.1) is 6.04 Å². The second kappa shape index (κ2) is 6.12. The summed E-state index contributed by atoms with van der Waals surface area (Å²) in [5, 5.41) is 5.87. The van der Waals surface area contributed by atoms with Gasteiger partial charge in [-0.3, -0.25) is 4.98 Å². The minimum Gasteiger partial charge on any atom is -0.306 e. The third-order valence-corrected chi connectivity index (χ3v) is 3.92. The Morgan fingerprint density at radius 3 is 2.83 bits per heavy atom. The summed E-state index contributed by atoms with van der Waals surface area (Å²) in [6.45, 7) is 7.45. The van der Waals surface area contributed by atoms with Gasteiger partial charge in [0.25, 0.3) is 0 Å². The Morgan fingerprint density at radius 1 is 1.39 bits per heavy atom. The van der Waals surface area contributed by atoms with Gasteiger partial charge in [0.15, 0.2) is 0 Å². The van der Waals surface area contributed by atoms with E-state index in [0.29, 0.717) is 0 Å². The molecule has 0 fully saturated rings. The van der Waals surface area contributed by atoms with Crippen molar-refractivity contribution < 1.29 is 0 Å². The summed E-state index contributed by atoms with van der Waals surface area (Å²) in [5.41, 5.74) is 3.74. The van der Waals surface area contributed by atoms with Crippen LogP contribution in [0.4, 0.5) is 0 Å². The standard InChI is InChI=1S/C15H20N2S/c1-4-7-17-15(13-9-11(2)18-10-13)14-6-5-8-16-12(14)3/h5-6,8-10,15,17H,4,7H2,1-3H3. The highest BCUT2D eigenvalue weighted by atomic mass is 32.1. The Hall–Kier alpha value is -1.19. The van der Waals surface area contributed by atoms with E-state index in [2.05, 4.69) is 48.6 Å². The number of pyridine rings is 1. The SMILES string of the molecule is CCCNC(c1csc(C)c1)c1cccnc1C. The molecule has 2 aromatic rings. The van der Waals surface area contributed by atoms with Crippen LogP contribution >= 0.6 is 11.3 Å². The van der Waals surface area contributed by atoms with E-state index in [9.17, 15) is 0 Å². The average molecular weight is 260 g/mol. The van der Waals surface area contributed by atoms with Gasteiger partial charge in [-0.2, -0.15) is 0 Å². The van der Waals surface area contributed by atoms with Crippen molar-refractivity contribution >= 4 is 11.3 Å². The molecule has 0 radical (unpaired) electrons. The number of rotatable bonds is 5. The van der Waals surface area contributed by atoms with Crippen LogP contribution in [0.2, 0.25) is 0 Å². The van der Waals surface area contributed by atoms with Crippen LogP contribution in [0, 0.1) is 13.8 Å². The molecule has 2 aromatic heterocycles. The zero-order valence-corrected chi connectivity index (χ0v) is 12.1. The first-order valence-corrected chi connectivity index (χ1v) is 7.30. The summed E-state index contributed by atoms with van der Waals surface area (Å²) in [6.07, 6.45) is 2.99. The molecule has 0 aromatic carbocycles. The van der Waals surface area contributed by atoms with E-state index < -0.39 is 0 Å². The van der Waals surface area contributed by atoms with Crippen LogP contribution in [0.5, 0.6) is 0 Å². The minimum absolute atomic E-state index is 0.267. The normalized spacial score (nSPS) is 12.6. The summed E-state index contributed by atoms with van der Waals surface area (Å²) in [4.78, 5) is 5.76. The van der Waals surface area contributed by atoms with E-state index in [-0.39, 0.29) is 6.04 Å². The molecule has 96 valence electrons. The molecule has 2 rings (SSSR count). The molecule has 0 bridgehead atoms. The largest absolute Gasteiger partial charge is 0.306 e. The molecule has 0 aliphatic carbocycles. The molecule has 0 spiro atoms. The molecule has 18 heavy (non-hydrogen) atoms. The summed E-state index contributed by atoms with van der Waals surface area (Å²) >= 11 is 1.81. The lowest BCUT2D eigenvalue weighted by Crippen LogP contribution is -2.23. The second-order valence-corrected chi connectivity index (χ2v) is 5.67. The van der Waals surface area contributed by atoms with E-state index in [1.54, 1.807) is 11.3 Å². The molecular formula is C15H20N2S. The minimum atomic E-state index is 0.267. The summed E-state index contributed by atoms with van der Waals surface area (Å²) in [7, 11) is 0. The maximum Gasteiger partial charge on any atom is 0.0602 e. The van der Waals surface area contributed by atoms with E-state index in [1.165, 1.54) is 16.0 Å². The smallest absolute Gasteiger partial charge is 0.0602 e. The molecule has 3 heteroatoms. The van der Waals surface area contributed by atoms with Crippen LogP contribution < -0.4 is 5.32 Å². The van der Waals surface area contributed by atoms with Crippen LogP contribution in [0.1, 0.15) is 41.1 Å². The molecule has 0 aliphatic rings. The first-order chi connectivity index (χ1) is 8.72. The van der Waals surface area contributed by atoms with E-state index in [4.69, 9.17) is 0 Å². The maximum absolute atomic E-state index is 4.40. The fraction of sp³-hybridized carbons (Fsp3) is 0.400. The number of thiophene rings is 1. The van der Waals surface area contributed by atoms with Gasteiger partial charge in [-0.05, 0) is 55.5 Å².